The molecular formula is F18LiMnP3. The molecule has 0 nitrogen and oxygen atoms in total. The van der Waals surface area contributed by atoms with E-state index in [9.17, 15) is 75.5 Å². The van der Waals surface area contributed by atoms with E-state index in [1.807, 2.05) is 0 Å². The van der Waals surface area contributed by atoms with Crippen LogP contribution in [-0.2, 0) is 17.1 Å². The van der Waals surface area contributed by atoms with Gasteiger partial charge in [0, 0.05) is 0 Å². The molecule has 0 unspecified atom stereocenters. The minimum atomic E-state index is -10.7. The van der Waals surface area contributed by atoms with Crippen LogP contribution in [0.3, 0.4) is 0 Å². The molecule has 0 aromatic heterocycles. The zero-order chi connectivity index (χ0) is 19.2. The molecule has 0 aliphatic carbocycles. The molecule has 0 heterocycles. The molecule has 0 aromatic rings. The summed E-state index contributed by atoms with van der Waals surface area (Å²) in [4.78, 5) is 0. The van der Waals surface area contributed by atoms with Crippen molar-refractivity contribution in [1.29, 1.82) is 0 Å². The summed E-state index contributed by atoms with van der Waals surface area (Å²) in [6.07, 6.45) is 0. The number of halogens is 18. The summed E-state index contributed by atoms with van der Waals surface area (Å²) >= 11 is 0. The molecule has 23 heteroatoms. The van der Waals surface area contributed by atoms with Crippen LogP contribution in [0.1, 0.15) is 0 Å². The predicted molar refractivity (Wildman–Crippen MR) is 40.7 cm³/mol. The van der Waals surface area contributed by atoms with Gasteiger partial charge in [0.05, 0.1) is 0 Å². The maximum absolute atomic E-state index is 10.7. The number of hydrogen-bond donors (Lipinski definition) is 0. The summed E-state index contributed by atoms with van der Waals surface area (Å²) in [7, 11) is -32.0. The van der Waals surface area contributed by atoms with Crippen LogP contribution in [0.5, 0.6) is 0 Å². The first-order valence-corrected chi connectivity index (χ1v) is 9.13. The molecule has 0 aromatic carbocycles. The second kappa shape index (κ2) is 5.33. The maximum Gasteiger partial charge on any atom is 2.00 e. The second-order valence-corrected chi connectivity index (χ2v) is 8.62. The average Bonchev–Trinajstić information content (AvgIpc) is 1.19. The van der Waals surface area contributed by atoms with Crippen molar-refractivity contribution >= 4 is 23.4 Å². The van der Waals surface area contributed by atoms with E-state index >= 15 is 0 Å². The van der Waals surface area contributed by atoms with Gasteiger partial charge < -0.3 is 0 Å². The third-order valence-corrected chi connectivity index (χ3v) is 0. The second-order valence-electron chi connectivity index (χ2n) is 2.87. The minimum Gasteiger partial charge on any atom is 1.00 e. The number of hydrogen-bond acceptors (Lipinski definition) is 0. The summed E-state index contributed by atoms with van der Waals surface area (Å²) in [5.74, 6) is 0. The Morgan fingerprint density at radius 2 is 0.261 bits per heavy atom. The van der Waals surface area contributed by atoms with Crippen molar-refractivity contribution in [1.82, 2.24) is 0 Å². The molecule has 149 valence electrons. The molecular weight excluding hydrogens is 497 g/mol. The molecule has 0 aliphatic rings. The monoisotopic (exact) mass is 497 g/mol. The van der Waals surface area contributed by atoms with Crippen LogP contribution in [0.25, 0.3) is 0 Å². The maximum atomic E-state index is 9.87. The molecule has 0 rings (SSSR count). The first-order chi connectivity index (χ1) is 7.35. The van der Waals surface area contributed by atoms with Gasteiger partial charge in [-0.15, -0.1) is 0 Å². The zero-order valence-corrected chi connectivity index (χ0v) is 13.4. The van der Waals surface area contributed by atoms with E-state index in [1.54, 1.807) is 0 Å². The molecule has 1 radical (unpaired) electrons. The van der Waals surface area contributed by atoms with Crippen LogP contribution >= 0.6 is 23.4 Å². The van der Waals surface area contributed by atoms with Crippen molar-refractivity contribution in [3.05, 3.63) is 0 Å². The molecule has 0 aliphatic heterocycles. The first-order valence-electron chi connectivity index (χ1n) is 3.04. The van der Waals surface area contributed by atoms with E-state index in [2.05, 4.69) is 0 Å². The van der Waals surface area contributed by atoms with Crippen LogP contribution in [0, 0.1) is 0 Å². The van der Waals surface area contributed by atoms with Crippen molar-refractivity contribution in [3.63, 3.8) is 0 Å². The summed E-state index contributed by atoms with van der Waals surface area (Å²) in [5, 5.41) is 0. The van der Waals surface area contributed by atoms with Gasteiger partial charge in [-0.3, -0.25) is 0 Å². The molecule has 0 N–H and O–H groups in total. The van der Waals surface area contributed by atoms with E-state index in [4.69, 9.17) is 0 Å². The Kier molecular flexibility index (Phi) is 8.18. The van der Waals surface area contributed by atoms with Crippen LogP contribution < -0.4 is 18.9 Å². The van der Waals surface area contributed by atoms with Gasteiger partial charge in [-0.2, -0.15) is 0 Å². The van der Waals surface area contributed by atoms with E-state index in [0.717, 1.165) is 0 Å². The Labute approximate surface area is 135 Å². The summed E-state index contributed by atoms with van der Waals surface area (Å²) in [6.45, 7) is 0. The largest absolute Gasteiger partial charge is 2.00 e. The van der Waals surface area contributed by atoms with E-state index < -0.39 is 23.4 Å². The fourth-order valence-electron chi connectivity index (χ4n) is 0. The standard InChI is InChI=1S/3F6P.Li.Mn/c3*1-7(2,3,4,5)6;;/q3*-1;+1;+2. The number of rotatable bonds is 0. The first kappa shape index (κ1) is 35.3. The van der Waals surface area contributed by atoms with Gasteiger partial charge in [-0.1, -0.05) is 0 Å². The Balaban J connectivity index is -0.0000000675. The Bertz CT molecular complexity index is 271. The van der Waals surface area contributed by atoms with Crippen molar-refractivity contribution in [3.8, 4) is 0 Å². The van der Waals surface area contributed by atoms with Crippen molar-refractivity contribution in [2.24, 2.45) is 0 Å². The Morgan fingerprint density at radius 3 is 0.261 bits per heavy atom. The summed E-state index contributed by atoms with van der Waals surface area (Å²) in [5.41, 5.74) is 0. The quantitative estimate of drug-likeness (QED) is 0.190. The van der Waals surface area contributed by atoms with Gasteiger partial charge in [0.1, 0.15) is 0 Å². The van der Waals surface area contributed by atoms with Gasteiger partial charge in [0.2, 0.25) is 0 Å². The predicted octanol–water partition coefficient (Wildman–Crippen LogP) is 7.15. The van der Waals surface area contributed by atoms with Gasteiger partial charge in [0.15, 0.2) is 0 Å². The minimum absolute atomic E-state index is 0. The van der Waals surface area contributed by atoms with Gasteiger partial charge in [-0.05, 0) is 0 Å². The molecule has 0 fully saturated rings. The molecule has 0 atom stereocenters. The Hall–Kier alpha value is 1.15. The third-order valence-electron chi connectivity index (χ3n) is 0. The van der Waals surface area contributed by atoms with Crippen molar-refractivity contribution in [2.45, 2.75) is 0 Å². The zero-order valence-electron chi connectivity index (χ0n) is 9.52. The molecule has 0 amide bonds. The molecule has 0 saturated carbocycles. The SMILES string of the molecule is F[P-](F)(F)(F)(F)F.F[P-](F)(F)(F)(F)F.F[P-](F)(F)(F)(F)F.[Li+].[Mn+2]. The van der Waals surface area contributed by atoms with Crippen LogP contribution in [0.2, 0.25) is 0 Å². The van der Waals surface area contributed by atoms with E-state index in [-0.39, 0.29) is 35.9 Å². The van der Waals surface area contributed by atoms with Crippen molar-refractivity contribution < 1.29 is 111 Å². The molecule has 0 saturated heterocycles. The third kappa shape index (κ3) is 7870. The van der Waals surface area contributed by atoms with E-state index in [0.29, 0.717) is 0 Å². The fraction of sp³-hybridized carbons (Fsp3) is 0. The fourth-order valence-corrected chi connectivity index (χ4v) is 0. The van der Waals surface area contributed by atoms with Gasteiger partial charge >= 0.3 is 135 Å². The van der Waals surface area contributed by atoms with Crippen LogP contribution in [0.4, 0.5) is 75.5 Å². The summed E-state index contributed by atoms with van der Waals surface area (Å²) in [6, 6.07) is 0. The topological polar surface area (TPSA) is 0 Å². The van der Waals surface area contributed by atoms with Crippen molar-refractivity contribution in [2.75, 3.05) is 0 Å². The molecule has 23 heavy (non-hydrogen) atoms. The smallest absolute Gasteiger partial charge is 1.00 e. The van der Waals surface area contributed by atoms with E-state index in [1.165, 1.54) is 0 Å². The molecule has 0 bridgehead atoms. The Morgan fingerprint density at radius 1 is 0.261 bits per heavy atom. The average molecular weight is 497 g/mol. The summed E-state index contributed by atoms with van der Waals surface area (Å²) < 4.78 is 178. The van der Waals surface area contributed by atoms with Crippen LogP contribution in [-0.4, -0.2) is 0 Å². The van der Waals surface area contributed by atoms with Gasteiger partial charge in [-0.25, -0.2) is 0 Å². The normalized spacial score (nSPS) is 21.1. The van der Waals surface area contributed by atoms with Crippen LogP contribution in [0.15, 0.2) is 0 Å². The molecule has 0 spiro atoms. The van der Waals surface area contributed by atoms with Gasteiger partial charge in [0.25, 0.3) is 0 Å².